The van der Waals surface area contributed by atoms with E-state index >= 15 is 0 Å². The van der Waals surface area contributed by atoms with Crippen molar-refractivity contribution in [3.05, 3.63) is 65.5 Å². The number of rotatable bonds is 8. The third-order valence-corrected chi connectivity index (χ3v) is 5.17. The van der Waals surface area contributed by atoms with Gasteiger partial charge in [-0.25, -0.2) is 12.8 Å². The standard InChI is InChI=1S/C19H25FN4O2S/c1-15-8-9-17(14-18(15)20)24-27(25,26)13-12-23-19(21-2)22-11-10-16-6-4-3-5-7-16/h3-9,14,24H,10-13H2,1-2H3,(H2,21,22,23). The highest BCUT2D eigenvalue weighted by Crippen LogP contribution is 2.14. The Bertz CT molecular complexity index is 871. The van der Waals surface area contributed by atoms with E-state index in [9.17, 15) is 12.8 Å². The van der Waals surface area contributed by atoms with Crippen molar-refractivity contribution >= 4 is 21.7 Å². The van der Waals surface area contributed by atoms with Crippen LogP contribution in [0.1, 0.15) is 11.1 Å². The Labute approximate surface area is 160 Å². The molecule has 2 aromatic rings. The molecule has 0 amide bonds. The zero-order valence-electron chi connectivity index (χ0n) is 15.5. The molecule has 0 aromatic heterocycles. The predicted octanol–water partition coefficient (Wildman–Crippen LogP) is 2.28. The first kappa shape index (κ1) is 20.7. The summed E-state index contributed by atoms with van der Waals surface area (Å²) in [6.45, 7) is 2.47. The molecular weight excluding hydrogens is 367 g/mol. The van der Waals surface area contributed by atoms with E-state index in [0.29, 0.717) is 18.1 Å². The lowest BCUT2D eigenvalue weighted by atomic mass is 10.1. The van der Waals surface area contributed by atoms with Gasteiger partial charge in [-0.2, -0.15) is 0 Å². The zero-order chi connectivity index (χ0) is 19.7. The van der Waals surface area contributed by atoms with Crippen LogP contribution in [0.2, 0.25) is 0 Å². The van der Waals surface area contributed by atoms with Gasteiger partial charge in [-0.3, -0.25) is 9.71 Å². The van der Waals surface area contributed by atoms with Gasteiger partial charge in [0.05, 0.1) is 11.4 Å². The Morgan fingerprint density at radius 3 is 2.44 bits per heavy atom. The molecule has 2 aromatic carbocycles. The highest BCUT2D eigenvalue weighted by molar-refractivity contribution is 7.92. The van der Waals surface area contributed by atoms with Crippen molar-refractivity contribution in [3.63, 3.8) is 0 Å². The molecule has 0 heterocycles. The van der Waals surface area contributed by atoms with Crippen LogP contribution in [0.15, 0.2) is 53.5 Å². The smallest absolute Gasteiger partial charge is 0.234 e. The van der Waals surface area contributed by atoms with E-state index in [1.54, 1.807) is 14.0 Å². The first-order valence-corrected chi connectivity index (χ1v) is 10.3. The Kier molecular flexibility index (Phi) is 7.60. The van der Waals surface area contributed by atoms with Gasteiger partial charge in [0.15, 0.2) is 5.96 Å². The Hall–Kier alpha value is -2.61. The number of halogens is 1. The number of aliphatic imine (C=N–C) groups is 1. The topological polar surface area (TPSA) is 82.6 Å². The minimum atomic E-state index is -3.59. The van der Waals surface area contributed by atoms with E-state index in [1.165, 1.54) is 23.8 Å². The normalized spacial score (nSPS) is 11.9. The molecule has 6 nitrogen and oxygen atoms in total. The van der Waals surface area contributed by atoms with Crippen LogP contribution in [0.4, 0.5) is 10.1 Å². The van der Waals surface area contributed by atoms with Gasteiger partial charge in [-0.05, 0) is 36.6 Å². The van der Waals surface area contributed by atoms with E-state index in [0.717, 1.165) is 6.42 Å². The van der Waals surface area contributed by atoms with Crippen molar-refractivity contribution in [2.45, 2.75) is 13.3 Å². The summed E-state index contributed by atoms with van der Waals surface area (Å²) < 4.78 is 40.2. The summed E-state index contributed by atoms with van der Waals surface area (Å²) in [6.07, 6.45) is 0.834. The van der Waals surface area contributed by atoms with E-state index in [1.807, 2.05) is 30.3 Å². The van der Waals surface area contributed by atoms with Crippen LogP contribution < -0.4 is 15.4 Å². The zero-order valence-corrected chi connectivity index (χ0v) is 16.3. The minimum absolute atomic E-state index is 0.165. The fraction of sp³-hybridized carbons (Fsp3) is 0.316. The van der Waals surface area contributed by atoms with Gasteiger partial charge in [0.25, 0.3) is 0 Å². The molecule has 0 fully saturated rings. The molecular formula is C19H25FN4O2S. The van der Waals surface area contributed by atoms with Crippen molar-refractivity contribution in [2.75, 3.05) is 30.6 Å². The molecule has 3 N–H and O–H groups in total. The van der Waals surface area contributed by atoms with Crippen LogP contribution in [0, 0.1) is 12.7 Å². The molecule has 0 spiro atoms. The van der Waals surface area contributed by atoms with Crippen LogP contribution in [0.5, 0.6) is 0 Å². The molecule has 0 saturated heterocycles. The van der Waals surface area contributed by atoms with E-state index < -0.39 is 15.8 Å². The maximum Gasteiger partial charge on any atom is 0.234 e. The quantitative estimate of drug-likeness (QED) is 0.475. The summed E-state index contributed by atoms with van der Waals surface area (Å²) >= 11 is 0. The first-order valence-electron chi connectivity index (χ1n) is 8.65. The molecule has 0 aliphatic carbocycles. The lowest BCUT2D eigenvalue weighted by molar-refractivity contribution is 0.599. The molecule has 0 aliphatic rings. The third kappa shape index (κ3) is 7.26. The summed E-state index contributed by atoms with van der Waals surface area (Å²) in [6, 6.07) is 14.3. The van der Waals surface area contributed by atoms with Crippen LogP contribution in [-0.2, 0) is 16.4 Å². The lowest BCUT2D eigenvalue weighted by Gasteiger charge is -2.13. The van der Waals surface area contributed by atoms with Gasteiger partial charge >= 0.3 is 0 Å². The Morgan fingerprint density at radius 2 is 1.78 bits per heavy atom. The van der Waals surface area contributed by atoms with Gasteiger partial charge in [-0.15, -0.1) is 0 Å². The number of nitrogens with zero attached hydrogens (tertiary/aromatic N) is 1. The maximum absolute atomic E-state index is 13.5. The SMILES string of the molecule is CN=C(NCCc1ccccc1)NCCS(=O)(=O)Nc1ccc(C)c(F)c1. The lowest BCUT2D eigenvalue weighted by Crippen LogP contribution is -2.40. The fourth-order valence-electron chi connectivity index (χ4n) is 2.38. The summed E-state index contributed by atoms with van der Waals surface area (Å²) in [5.74, 6) is -0.0825. The van der Waals surface area contributed by atoms with Crippen LogP contribution in [0.3, 0.4) is 0 Å². The van der Waals surface area contributed by atoms with Crippen molar-refractivity contribution < 1.29 is 12.8 Å². The van der Waals surface area contributed by atoms with E-state index in [-0.39, 0.29) is 18.0 Å². The first-order chi connectivity index (χ1) is 12.9. The molecule has 0 radical (unpaired) electrons. The van der Waals surface area contributed by atoms with Crippen molar-refractivity contribution in [2.24, 2.45) is 4.99 Å². The Morgan fingerprint density at radius 1 is 1.07 bits per heavy atom. The van der Waals surface area contributed by atoms with Crippen molar-refractivity contribution in [3.8, 4) is 0 Å². The fourth-order valence-corrected chi connectivity index (χ4v) is 3.34. The molecule has 0 unspecified atom stereocenters. The summed E-state index contributed by atoms with van der Waals surface area (Å²) in [4.78, 5) is 4.07. The molecule has 8 heteroatoms. The Balaban J connectivity index is 1.76. The molecule has 0 atom stereocenters. The number of aryl methyl sites for hydroxylation is 1. The van der Waals surface area contributed by atoms with Gasteiger partial charge in [0.1, 0.15) is 5.82 Å². The summed E-state index contributed by atoms with van der Waals surface area (Å²) in [5.41, 5.74) is 1.88. The predicted molar refractivity (Wildman–Crippen MR) is 108 cm³/mol. The molecule has 0 bridgehead atoms. The maximum atomic E-state index is 13.5. The second kappa shape index (κ2) is 9.91. The number of nitrogens with one attached hydrogen (secondary N) is 3. The second-order valence-corrected chi connectivity index (χ2v) is 7.89. The molecule has 0 saturated carbocycles. The number of sulfonamides is 1. The number of hydrogen-bond acceptors (Lipinski definition) is 3. The molecule has 0 aliphatic heterocycles. The van der Waals surface area contributed by atoms with Crippen molar-refractivity contribution in [1.82, 2.24) is 10.6 Å². The van der Waals surface area contributed by atoms with Gasteiger partial charge < -0.3 is 10.6 Å². The van der Waals surface area contributed by atoms with Gasteiger partial charge in [0, 0.05) is 20.1 Å². The van der Waals surface area contributed by atoms with E-state index in [2.05, 4.69) is 20.3 Å². The highest BCUT2D eigenvalue weighted by atomic mass is 32.2. The molecule has 2 rings (SSSR count). The monoisotopic (exact) mass is 392 g/mol. The minimum Gasteiger partial charge on any atom is -0.356 e. The second-order valence-electron chi connectivity index (χ2n) is 6.05. The number of guanidine groups is 1. The summed E-state index contributed by atoms with van der Waals surface area (Å²) in [5, 5.41) is 6.11. The number of hydrogen-bond donors (Lipinski definition) is 3. The van der Waals surface area contributed by atoms with E-state index in [4.69, 9.17) is 0 Å². The average molecular weight is 393 g/mol. The highest BCUT2D eigenvalue weighted by Gasteiger charge is 2.11. The van der Waals surface area contributed by atoms with Crippen LogP contribution in [0.25, 0.3) is 0 Å². The largest absolute Gasteiger partial charge is 0.356 e. The van der Waals surface area contributed by atoms with Gasteiger partial charge in [-0.1, -0.05) is 36.4 Å². The van der Waals surface area contributed by atoms with Crippen molar-refractivity contribution in [1.29, 1.82) is 0 Å². The third-order valence-electron chi connectivity index (χ3n) is 3.88. The van der Waals surface area contributed by atoms with Crippen LogP contribution >= 0.6 is 0 Å². The van der Waals surface area contributed by atoms with Crippen LogP contribution in [-0.4, -0.2) is 40.3 Å². The number of benzene rings is 2. The van der Waals surface area contributed by atoms with Gasteiger partial charge in [0.2, 0.25) is 10.0 Å². The number of anilines is 1. The molecule has 146 valence electrons. The average Bonchev–Trinajstić information content (AvgIpc) is 2.64. The molecule has 27 heavy (non-hydrogen) atoms. The summed E-state index contributed by atoms with van der Waals surface area (Å²) in [7, 11) is -1.97.